The minimum Gasteiger partial charge on any atom is -0.345 e. The third-order valence-electron chi connectivity index (χ3n) is 6.02. The number of aromatic nitrogens is 1. The largest absolute Gasteiger partial charge is 0.345 e. The first kappa shape index (κ1) is 19.2. The lowest BCUT2D eigenvalue weighted by atomic mass is 10.1. The van der Waals surface area contributed by atoms with Crippen LogP contribution in [0.25, 0.3) is 10.2 Å². The Morgan fingerprint density at radius 3 is 2.50 bits per heavy atom. The van der Waals surface area contributed by atoms with E-state index in [-0.39, 0.29) is 24.3 Å². The molecule has 0 spiro atoms. The normalized spacial score (nSPS) is 20.5. The van der Waals surface area contributed by atoms with Crippen LogP contribution in [0.2, 0.25) is 0 Å². The second-order valence-electron chi connectivity index (χ2n) is 8.06. The average Bonchev–Trinajstić information content (AvgIpc) is 3.30. The maximum atomic E-state index is 13.2. The second-order valence-corrected chi connectivity index (χ2v) is 9.07. The smallest absolute Gasteiger partial charge is 0.251 e. The number of thiazole rings is 1. The molecular weight excluding hydrogens is 396 g/mol. The molecule has 3 aromatic rings. The number of anilines is 2. The summed E-state index contributed by atoms with van der Waals surface area (Å²) in [5.74, 6) is -0.203. The van der Waals surface area contributed by atoms with Gasteiger partial charge in [0.2, 0.25) is 5.91 Å². The molecule has 154 valence electrons. The Morgan fingerprint density at radius 2 is 1.77 bits per heavy atom. The number of hydrogen-bond acceptors (Lipinski definition) is 6. The van der Waals surface area contributed by atoms with Crippen molar-refractivity contribution in [3.63, 3.8) is 0 Å². The van der Waals surface area contributed by atoms with Crippen molar-refractivity contribution in [2.45, 2.75) is 26.3 Å². The maximum Gasteiger partial charge on any atom is 0.251 e. The lowest BCUT2D eigenvalue weighted by Gasteiger charge is -2.36. The zero-order chi connectivity index (χ0) is 20.8. The minimum atomic E-state index is -0.365. The summed E-state index contributed by atoms with van der Waals surface area (Å²) in [6.45, 7) is 7.08. The van der Waals surface area contributed by atoms with Gasteiger partial charge >= 0.3 is 0 Å². The van der Waals surface area contributed by atoms with Crippen molar-refractivity contribution >= 4 is 44.2 Å². The molecule has 0 saturated carbocycles. The topological polar surface area (TPSA) is 56.8 Å². The van der Waals surface area contributed by atoms with Gasteiger partial charge in [0.05, 0.1) is 28.4 Å². The van der Waals surface area contributed by atoms with Crippen LogP contribution in [0.15, 0.2) is 42.5 Å². The summed E-state index contributed by atoms with van der Waals surface area (Å²) in [4.78, 5) is 36.5. The molecule has 0 bridgehead atoms. The number of piperazine rings is 1. The number of rotatable bonds is 3. The molecule has 1 unspecified atom stereocenters. The van der Waals surface area contributed by atoms with Gasteiger partial charge in [-0.1, -0.05) is 41.2 Å². The Kier molecular flexibility index (Phi) is 4.79. The lowest BCUT2D eigenvalue weighted by Crippen LogP contribution is -2.52. The van der Waals surface area contributed by atoms with Crippen molar-refractivity contribution in [1.29, 1.82) is 0 Å². The third-order valence-corrected chi connectivity index (χ3v) is 7.12. The lowest BCUT2D eigenvalue weighted by molar-refractivity contribution is -0.123. The maximum absolute atomic E-state index is 13.2. The van der Waals surface area contributed by atoms with Gasteiger partial charge in [-0.15, -0.1) is 0 Å². The number of carbonyl (C=O) groups is 2. The number of carbonyl (C=O) groups excluding carboxylic acids is 2. The molecule has 0 radical (unpaired) electrons. The number of fused-ring (bicyclic) bond motifs is 1. The van der Waals surface area contributed by atoms with Gasteiger partial charge in [-0.2, -0.15) is 0 Å². The van der Waals surface area contributed by atoms with Crippen LogP contribution < -0.4 is 9.80 Å². The third kappa shape index (κ3) is 3.28. The van der Waals surface area contributed by atoms with Crippen LogP contribution in [0.4, 0.5) is 10.8 Å². The fourth-order valence-electron chi connectivity index (χ4n) is 4.43. The molecule has 1 atom stereocenters. The van der Waals surface area contributed by atoms with Crippen molar-refractivity contribution in [2.24, 2.45) is 0 Å². The zero-order valence-electron chi connectivity index (χ0n) is 17.2. The van der Waals surface area contributed by atoms with Crippen molar-refractivity contribution in [2.75, 3.05) is 36.0 Å². The highest BCUT2D eigenvalue weighted by atomic mass is 32.1. The van der Waals surface area contributed by atoms with Gasteiger partial charge in [-0.25, -0.2) is 9.88 Å². The monoisotopic (exact) mass is 420 g/mol. The minimum absolute atomic E-state index is 0.0969. The van der Waals surface area contributed by atoms with Crippen LogP contribution in [0.5, 0.6) is 0 Å². The van der Waals surface area contributed by atoms with Crippen molar-refractivity contribution in [1.82, 2.24) is 9.88 Å². The second kappa shape index (κ2) is 7.49. The molecule has 2 aliphatic heterocycles. The molecule has 2 aliphatic rings. The molecule has 2 amide bonds. The molecule has 0 N–H and O–H groups in total. The fourth-order valence-corrected chi connectivity index (χ4v) is 5.45. The first-order valence-electron chi connectivity index (χ1n) is 10.3. The number of imide groups is 1. The number of para-hydroxylation sites is 1. The highest BCUT2D eigenvalue weighted by Gasteiger charge is 2.43. The van der Waals surface area contributed by atoms with E-state index < -0.39 is 0 Å². The highest BCUT2D eigenvalue weighted by Crippen LogP contribution is 2.32. The Hall–Kier alpha value is -2.77. The Morgan fingerprint density at radius 1 is 1.00 bits per heavy atom. The van der Waals surface area contributed by atoms with Crippen molar-refractivity contribution in [3.8, 4) is 0 Å². The van der Waals surface area contributed by atoms with Gasteiger partial charge in [0.1, 0.15) is 0 Å². The summed E-state index contributed by atoms with van der Waals surface area (Å²) in [7, 11) is 0. The Labute approximate surface area is 179 Å². The van der Waals surface area contributed by atoms with Gasteiger partial charge in [-0.3, -0.25) is 14.5 Å². The van der Waals surface area contributed by atoms with Crippen LogP contribution in [0.3, 0.4) is 0 Å². The molecular formula is C23H24N4O2S. The van der Waals surface area contributed by atoms with E-state index in [1.54, 1.807) is 11.3 Å². The van der Waals surface area contributed by atoms with E-state index in [0.29, 0.717) is 5.69 Å². The Balaban J connectivity index is 1.29. The number of benzene rings is 2. The average molecular weight is 421 g/mol. The van der Waals surface area contributed by atoms with E-state index in [1.165, 1.54) is 9.60 Å². The molecule has 2 aromatic carbocycles. The summed E-state index contributed by atoms with van der Waals surface area (Å²) in [5.41, 5.74) is 3.82. The number of hydrogen-bond donors (Lipinski definition) is 0. The standard InChI is InChI=1S/C23H24N4O2S/c1-15-7-8-18(16(2)13-15)27-21(28)14-19(22(27)29)25-9-11-26(12-10-25)23-24-17-5-3-4-6-20(17)30-23/h3-8,13,19H,9-12,14H2,1-2H3. The molecule has 2 fully saturated rings. The predicted octanol–water partition coefficient (Wildman–Crippen LogP) is 3.37. The van der Waals surface area contributed by atoms with Crippen LogP contribution in [0, 0.1) is 13.8 Å². The van der Waals surface area contributed by atoms with E-state index in [0.717, 1.165) is 48.0 Å². The van der Waals surface area contributed by atoms with Crippen LogP contribution in [-0.2, 0) is 9.59 Å². The number of amides is 2. The molecule has 7 heteroatoms. The number of nitrogens with zero attached hydrogens (tertiary/aromatic N) is 4. The molecule has 1 aromatic heterocycles. The molecule has 5 rings (SSSR count). The highest BCUT2D eigenvalue weighted by molar-refractivity contribution is 7.22. The van der Waals surface area contributed by atoms with Gasteiger partial charge < -0.3 is 4.90 Å². The van der Waals surface area contributed by atoms with Gasteiger partial charge in [0, 0.05) is 26.2 Å². The predicted molar refractivity (Wildman–Crippen MR) is 120 cm³/mol. The molecule has 2 saturated heterocycles. The summed E-state index contributed by atoms with van der Waals surface area (Å²) in [6.07, 6.45) is 0.257. The summed E-state index contributed by atoms with van der Waals surface area (Å²) in [6, 6.07) is 13.7. The van der Waals surface area contributed by atoms with Crippen molar-refractivity contribution in [3.05, 3.63) is 53.6 Å². The summed E-state index contributed by atoms with van der Waals surface area (Å²) >= 11 is 1.71. The first-order valence-corrected chi connectivity index (χ1v) is 11.1. The molecule has 0 aliphatic carbocycles. The van der Waals surface area contributed by atoms with Gasteiger partial charge in [0.15, 0.2) is 5.13 Å². The summed E-state index contributed by atoms with van der Waals surface area (Å²) < 4.78 is 1.19. The van der Waals surface area contributed by atoms with Gasteiger partial charge in [0.25, 0.3) is 5.91 Å². The van der Waals surface area contributed by atoms with E-state index in [2.05, 4.69) is 15.9 Å². The van der Waals surface area contributed by atoms with Crippen LogP contribution in [-0.4, -0.2) is 53.9 Å². The van der Waals surface area contributed by atoms with Gasteiger partial charge in [-0.05, 0) is 37.6 Å². The van der Waals surface area contributed by atoms with E-state index in [9.17, 15) is 9.59 Å². The van der Waals surface area contributed by atoms with E-state index in [4.69, 9.17) is 4.98 Å². The van der Waals surface area contributed by atoms with Crippen LogP contribution in [0.1, 0.15) is 17.5 Å². The summed E-state index contributed by atoms with van der Waals surface area (Å²) in [5, 5.41) is 1.03. The zero-order valence-corrected chi connectivity index (χ0v) is 18.0. The van der Waals surface area contributed by atoms with E-state index in [1.807, 2.05) is 50.2 Å². The Bertz CT molecular complexity index is 1100. The fraction of sp³-hybridized carbons (Fsp3) is 0.348. The van der Waals surface area contributed by atoms with Crippen LogP contribution >= 0.6 is 11.3 Å². The van der Waals surface area contributed by atoms with E-state index >= 15 is 0 Å². The molecule has 30 heavy (non-hydrogen) atoms. The first-order chi connectivity index (χ1) is 14.5. The molecule has 6 nitrogen and oxygen atoms in total. The quantitative estimate of drug-likeness (QED) is 0.608. The van der Waals surface area contributed by atoms with Crippen molar-refractivity contribution < 1.29 is 9.59 Å². The number of aryl methyl sites for hydroxylation is 2. The molecule has 3 heterocycles. The SMILES string of the molecule is Cc1ccc(N2C(=O)CC(N3CCN(c4nc5ccccc5s4)CC3)C2=O)c(C)c1.